The van der Waals surface area contributed by atoms with Gasteiger partial charge in [-0.1, -0.05) is 49.0 Å². The molecule has 65 heavy (non-hydrogen) atoms. The highest BCUT2D eigenvalue weighted by molar-refractivity contribution is 4.81. The van der Waals surface area contributed by atoms with Crippen molar-refractivity contribution >= 4 is 0 Å². The number of hydrogen-bond donors (Lipinski definition) is 26. The zero-order valence-corrected chi connectivity index (χ0v) is 37.7. The fourth-order valence-electron chi connectivity index (χ4n) is 4.02. The van der Waals surface area contributed by atoms with Gasteiger partial charge in [-0.15, -0.1) is 0 Å². The van der Waals surface area contributed by atoms with Gasteiger partial charge in [0, 0.05) is 0 Å². The van der Waals surface area contributed by atoms with Crippen molar-refractivity contribution in [2.45, 2.75) is 210 Å². The third kappa shape index (κ3) is 37.5. The standard InChI is InChI=1S/3C7H16O5.2C6H14O4.C5H12O3.CH4/c3*1-2-4(9)6(11)7(12)5(10)3-8;2*1-2-4(8)6(10)5(9)3-7;1-2-4(7)5(8)3-6;/h3*4-12H,2-3H2,1H3;2*4-10H,2-3H2,1H3;4-8H,2-3H2,1H3;1H4/t4-,5+,6+,7+;4-,5+,6+,7-;4-,5-,6+,7+;4-,5+,6+;4-,5+,6-;4-,5+;/m001101./s1. The Labute approximate surface area is 381 Å². The number of aliphatic hydroxyl groups is 26. The molecule has 0 amide bonds. The van der Waals surface area contributed by atoms with Crippen LogP contribution in [0.15, 0.2) is 0 Å². The van der Waals surface area contributed by atoms with E-state index >= 15 is 0 Å². The van der Waals surface area contributed by atoms with Crippen molar-refractivity contribution in [2.75, 3.05) is 39.6 Å². The predicted molar refractivity (Wildman–Crippen MR) is 231 cm³/mol. The van der Waals surface area contributed by atoms with E-state index in [4.69, 9.17) is 133 Å². The van der Waals surface area contributed by atoms with Crippen molar-refractivity contribution in [3.63, 3.8) is 0 Å². The molecule has 26 heteroatoms. The van der Waals surface area contributed by atoms with Crippen LogP contribution < -0.4 is 0 Å². The van der Waals surface area contributed by atoms with E-state index in [1.807, 2.05) is 0 Å². The molecular weight excluding hydrogens is 884 g/mol. The molecule has 0 aromatic heterocycles. The van der Waals surface area contributed by atoms with Gasteiger partial charge in [-0.25, -0.2) is 0 Å². The van der Waals surface area contributed by atoms with Gasteiger partial charge in [-0.2, -0.15) is 0 Å². The molecule has 26 N–H and O–H groups in total. The third-order valence-corrected chi connectivity index (χ3v) is 9.07. The summed E-state index contributed by atoms with van der Waals surface area (Å²) >= 11 is 0. The van der Waals surface area contributed by atoms with E-state index in [1.54, 1.807) is 41.5 Å². The van der Waals surface area contributed by atoms with E-state index in [2.05, 4.69) is 0 Å². The maximum atomic E-state index is 9.12. The number of hydrogen-bond acceptors (Lipinski definition) is 26. The fraction of sp³-hybridized carbons (Fsp3) is 1.00. The number of aliphatic hydroxyl groups excluding tert-OH is 26. The minimum absolute atomic E-state index is 0. The lowest BCUT2D eigenvalue weighted by Gasteiger charge is -2.24. The summed E-state index contributed by atoms with van der Waals surface area (Å²) < 4.78 is 0. The molecule has 0 aliphatic rings. The molecule has 0 aromatic rings. The van der Waals surface area contributed by atoms with Gasteiger partial charge in [-0.05, 0) is 38.5 Å². The molecule has 26 nitrogen and oxygen atoms in total. The molecule has 0 fully saturated rings. The number of rotatable bonds is 26. The Morgan fingerprint density at radius 3 is 0.431 bits per heavy atom. The summed E-state index contributed by atoms with van der Waals surface area (Å²) in [5, 5.41) is 229. The van der Waals surface area contributed by atoms with Gasteiger partial charge in [0.15, 0.2) is 0 Å². The molecule has 0 rings (SSSR count). The van der Waals surface area contributed by atoms with Gasteiger partial charge in [0.25, 0.3) is 0 Å². The van der Waals surface area contributed by atoms with Gasteiger partial charge in [0.1, 0.15) is 85.5 Å². The lowest BCUT2D eigenvalue weighted by atomic mass is 10.0. The van der Waals surface area contributed by atoms with Crippen LogP contribution in [0.25, 0.3) is 0 Å². The van der Waals surface area contributed by atoms with Crippen molar-refractivity contribution in [1.29, 1.82) is 0 Å². The van der Waals surface area contributed by atoms with E-state index in [-0.39, 0.29) is 33.3 Å². The quantitative estimate of drug-likeness (QED) is 0.0383. The van der Waals surface area contributed by atoms with Crippen LogP contribution in [0, 0.1) is 0 Å². The second-order valence-electron chi connectivity index (χ2n) is 14.3. The van der Waals surface area contributed by atoms with E-state index in [1.165, 1.54) is 0 Å². The normalized spacial score (nSPS) is 20.3. The van der Waals surface area contributed by atoms with Crippen LogP contribution in [0.2, 0.25) is 0 Å². The molecule has 0 bridgehead atoms. The third-order valence-electron chi connectivity index (χ3n) is 9.07. The Kier molecular flexibility index (Phi) is 57.7. The average molecular weight is 977 g/mol. The smallest absolute Gasteiger partial charge is 0.110 e. The van der Waals surface area contributed by atoms with E-state index in [0.29, 0.717) is 19.3 Å². The summed E-state index contributed by atoms with van der Waals surface area (Å²) in [5.74, 6) is 0. The zero-order valence-electron chi connectivity index (χ0n) is 37.7. The zero-order chi connectivity index (χ0) is 52.0. The first kappa shape index (κ1) is 78.1. The highest BCUT2D eigenvalue weighted by atomic mass is 16.4. The minimum atomic E-state index is -1.51. The van der Waals surface area contributed by atoms with Crippen molar-refractivity contribution in [3.8, 4) is 0 Å². The summed E-state index contributed by atoms with van der Waals surface area (Å²) in [7, 11) is 0. The SMILES string of the molecule is C.CC[C@@H](O)[C@@H](O)CO.CC[C@@H](O)[C@H](O)[C@@H](O)CO.CC[C@@H](O)[C@H](O)[C@@H](O)[C@H](O)CO.CC[C@H](O)[C@@H](O)[C@@H](O)[C@H](O)CO.CC[C@H](O)[C@@H](O)[C@H](O)[C@H](O)CO.CC[C@H](O)[C@H](O)[C@H](O)CO. The first-order valence-electron chi connectivity index (χ1n) is 20.9. The molecule has 0 aliphatic heterocycles. The van der Waals surface area contributed by atoms with Gasteiger partial charge in [0.05, 0.1) is 76.3 Å². The topological polar surface area (TPSA) is 526 Å². The van der Waals surface area contributed by atoms with Gasteiger partial charge in [0.2, 0.25) is 0 Å². The van der Waals surface area contributed by atoms with Crippen molar-refractivity contribution in [2.24, 2.45) is 0 Å². The predicted octanol–water partition coefficient (Wildman–Crippen LogP) is -9.81. The summed E-state index contributed by atoms with van der Waals surface area (Å²) in [6.45, 7) is 6.63. The van der Waals surface area contributed by atoms with E-state index in [9.17, 15) is 0 Å². The summed E-state index contributed by atoms with van der Waals surface area (Å²) in [5.41, 5.74) is 0. The van der Waals surface area contributed by atoms with Gasteiger partial charge in [-0.3, -0.25) is 0 Å². The largest absolute Gasteiger partial charge is 0.394 e. The minimum Gasteiger partial charge on any atom is -0.394 e. The Morgan fingerprint density at radius 1 is 0.185 bits per heavy atom. The molecule has 0 spiro atoms. The summed E-state index contributed by atoms with van der Waals surface area (Å²) in [6.07, 6.45) is -22.9. The highest BCUT2D eigenvalue weighted by Gasteiger charge is 2.31. The average Bonchev–Trinajstić information content (AvgIpc) is 3.34. The first-order chi connectivity index (χ1) is 29.6. The molecule has 0 radical (unpaired) electrons. The first-order valence-corrected chi connectivity index (χ1v) is 20.9. The Balaban J connectivity index is -0.000000124. The molecule has 0 saturated heterocycles. The molecule has 404 valence electrons. The van der Waals surface area contributed by atoms with E-state index < -0.39 is 155 Å². The van der Waals surface area contributed by atoms with Crippen molar-refractivity contribution in [3.05, 3.63) is 0 Å². The fourth-order valence-corrected chi connectivity index (χ4v) is 4.02. The van der Waals surface area contributed by atoms with E-state index in [0.717, 1.165) is 0 Å². The van der Waals surface area contributed by atoms with Crippen molar-refractivity contribution in [1.82, 2.24) is 0 Å². The van der Waals surface area contributed by atoms with Crippen LogP contribution in [0.5, 0.6) is 0 Å². The van der Waals surface area contributed by atoms with Gasteiger partial charge >= 0.3 is 0 Å². The van der Waals surface area contributed by atoms with Crippen LogP contribution in [0.1, 0.15) is 87.5 Å². The molecule has 0 aliphatic carbocycles. The monoisotopic (exact) mass is 977 g/mol. The maximum Gasteiger partial charge on any atom is 0.110 e. The lowest BCUT2D eigenvalue weighted by Crippen LogP contribution is -2.45. The Morgan fingerprint density at radius 2 is 0.308 bits per heavy atom. The summed E-state index contributed by atoms with van der Waals surface area (Å²) in [4.78, 5) is 0. The second kappa shape index (κ2) is 48.0. The van der Waals surface area contributed by atoms with Crippen LogP contribution in [0.4, 0.5) is 0 Å². The van der Waals surface area contributed by atoms with Crippen LogP contribution in [0.3, 0.4) is 0 Å². The van der Waals surface area contributed by atoms with Crippen LogP contribution in [-0.4, -0.2) is 294 Å². The molecule has 20 atom stereocenters. The van der Waals surface area contributed by atoms with Crippen LogP contribution >= 0.6 is 0 Å². The van der Waals surface area contributed by atoms with Crippen LogP contribution in [-0.2, 0) is 0 Å². The molecule has 0 heterocycles. The Hall–Kier alpha value is -1.04. The van der Waals surface area contributed by atoms with Crippen molar-refractivity contribution < 1.29 is 133 Å². The Bertz CT molecular complexity index is 793. The molecule has 0 unspecified atom stereocenters. The second-order valence-corrected chi connectivity index (χ2v) is 14.3. The van der Waals surface area contributed by atoms with Gasteiger partial charge < -0.3 is 133 Å². The maximum absolute atomic E-state index is 9.12. The molecular formula is C39H92O26. The highest BCUT2D eigenvalue weighted by Crippen LogP contribution is 2.09. The summed E-state index contributed by atoms with van der Waals surface area (Å²) in [6, 6.07) is 0. The lowest BCUT2D eigenvalue weighted by molar-refractivity contribution is -0.115. The molecule has 0 saturated carbocycles. The molecule has 0 aromatic carbocycles.